The second-order valence-corrected chi connectivity index (χ2v) is 11.2. The van der Waals surface area contributed by atoms with Gasteiger partial charge < -0.3 is 10.4 Å². The summed E-state index contributed by atoms with van der Waals surface area (Å²) < 4.78 is 31.7. The van der Waals surface area contributed by atoms with E-state index in [0.29, 0.717) is 11.6 Å². The number of aryl methyl sites for hydroxylation is 1. The molecular formula is C27H35F3N4O4S. The molecule has 214 valence electrons. The van der Waals surface area contributed by atoms with E-state index < -0.39 is 12.1 Å². The van der Waals surface area contributed by atoms with Crippen molar-refractivity contribution in [1.29, 1.82) is 0 Å². The van der Waals surface area contributed by atoms with Crippen molar-refractivity contribution in [2.75, 3.05) is 11.9 Å². The smallest absolute Gasteiger partial charge is 0.475 e. The number of benzene rings is 1. The molecule has 1 aliphatic heterocycles. The van der Waals surface area contributed by atoms with E-state index in [9.17, 15) is 22.8 Å². The number of carbonyl (C=O) groups is 3. The number of aliphatic carboxylic acids is 1. The van der Waals surface area contributed by atoms with Crippen LogP contribution in [0, 0.1) is 5.92 Å². The largest absolute Gasteiger partial charge is 0.490 e. The summed E-state index contributed by atoms with van der Waals surface area (Å²) in [6, 6.07) is 10.2. The van der Waals surface area contributed by atoms with Gasteiger partial charge in [-0.15, -0.1) is 10.2 Å². The maximum absolute atomic E-state index is 12.8. The number of hydrogen-bond donors (Lipinski definition) is 3. The van der Waals surface area contributed by atoms with Crippen molar-refractivity contribution in [1.82, 2.24) is 15.5 Å². The number of rotatable bonds is 9. The molecule has 0 aliphatic carbocycles. The molecule has 1 saturated heterocycles. The number of alkyl halides is 3. The van der Waals surface area contributed by atoms with Gasteiger partial charge in [-0.25, -0.2) is 4.79 Å². The Balaban J connectivity index is 0.000000673. The van der Waals surface area contributed by atoms with E-state index in [1.54, 1.807) is 0 Å². The maximum Gasteiger partial charge on any atom is 0.490 e. The van der Waals surface area contributed by atoms with Crippen LogP contribution in [0.3, 0.4) is 0 Å². The van der Waals surface area contributed by atoms with Crippen LogP contribution in [0.5, 0.6) is 0 Å². The van der Waals surface area contributed by atoms with Crippen LogP contribution in [0.1, 0.15) is 63.4 Å². The number of anilines is 1. The Hall–Kier alpha value is -3.12. The van der Waals surface area contributed by atoms with Gasteiger partial charge in [0.2, 0.25) is 11.0 Å². The molecule has 0 bridgehead atoms. The predicted octanol–water partition coefficient (Wildman–Crippen LogP) is 5.31. The Bertz CT molecular complexity index is 1110. The number of ketones is 1. The zero-order valence-corrected chi connectivity index (χ0v) is 23.1. The molecule has 8 nitrogen and oxygen atoms in total. The summed E-state index contributed by atoms with van der Waals surface area (Å²) in [5.74, 6) is -2.74. The van der Waals surface area contributed by atoms with Crippen LogP contribution in [-0.2, 0) is 26.2 Å². The maximum atomic E-state index is 12.8. The van der Waals surface area contributed by atoms with Crippen LogP contribution in [0.25, 0.3) is 0 Å². The summed E-state index contributed by atoms with van der Waals surface area (Å²) in [7, 11) is 0. The van der Waals surface area contributed by atoms with E-state index in [2.05, 4.69) is 53.7 Å². The van der Waals surface area contributed by atoms with Gasteiger partial charge in [-0.05, 0) is 49.8 Å². The van der Waals surface area contributed by atoms with Crippen LogP contribution in [-0.4, -0.2) is 51.7 Å². The first-order chi connectivity index (χ1) is 18.3. The van der Waals surface area contributed by atoms with Crippen molar-refractivity contribution in [3.8, 4) is 0 Å². The lowest BCUT2D eigenvalue weighted by molar-refractivity contribution is -0.192. The van der Waals surface area contributed by atoms with Gasteiger partial charge in [0.15, 0.2) is 0 Å². The molecule has 0 radical (unpaired) electrons. The number of carboxylic acids is 1. The van der Waals surface area contributed by atoms with Crippen LogP contribution < -0.4 is 10.6 Å². The summed E-state index contributed by atoms with van der Waals surface area (Å²) in [5, 5.41) is 22.9. The fourth-order valence-electron chi connectivity index (χ4n) is 3.74. The number of aromatic nitrogens is 2. The lowest BCUT2D eigenvalue weighted by atomic mass is 9.90. The molecule has 0 spiro atoms. The standard InChI is InChI=1S/C25H34N4O2S.C2HF3O2/c1-25(2,3)23-28-29-24(32-23)27-22(31)15-14-19(13-12-18-9-5-4-6-10-18)17-21(30)20-11-7-8-16-26-20;3-2(4,5)1(6)7/h4-6,9-10,14-15,19-20,26H,7-8,11-13,16-17H2,1-3H3,(H,27,29,31);(H,6,7)/b15-14+;/t19-,20-;/m0./s1. The van der Waals surface area contributed by atoms with Crippen molar-refractivity contribution >= 4 is 34.1 Å². The molecule has 1 aromatic carbocycles. The van der Waals surface area contributed by atoms with Gasteiger partial charge in [0.05, 0.1) is 6.04 Å². The number of Topliss-reactive ketones (excluding diaryl/α,β-unsaturated/α-hetero) is 1. The first-order valence-electron chi connectivity index (χ1n) is 12.7. The van der Waals surface area contributed by atoms with E-state index in [1.807, 2.05) is 24.3 Å². The highest BCUT2D eigenvalue weighted by molar-refractivity contribution is 7.15. The topological polar surface area (TPSA) is 121 Å². The predicted molar refractivity (Wildman–Crippen MR) is 144 cm³/mol. The third-order valence-corrected chi connectivity index (χ3v) is 7.13. The molecule has 3 rings (SSSR count). The quantitative estimate of drug-likeness (QED) is 0.351. The van der Waals surface area contributed by atoms with Gasteiger partial charge in [0, 0.05) is 11.8 Å². The lowest BCUT2D eigenvalue weighted by Gasteiger charge is -2.23. The number of halogens is 3. The summed E-state index contributed by atoms with van der Waals surface area (Å²) in [4.78, 5) is 34.2. The highest BCUT2D eigenvalue weighted by Gasteiger charge is 2.38. The molecule has 12 heteroatoms. The van der Waals surface area contributed by atoms with Crippen molar-refractivity contribution < 1.29 is 32.7 Å². The van der Waals surface area contributed by atoms with Crippen molar-refractivity contribution in [3.05, 3.63) is 53.1 Å². The van der Waals surface area contributed by atoms with Crippen molar-refractivity contribution in [3.63, 3.8) is 0 Å². The van der Waals surface area contributed by atoms with Gasteiger partial charge in [-0.1, -0.05) is 74.9 Å². The third kappa shape index (κ3) is 12.1. The number of piperidine rings is 1. The first-order valence-corrected chi connectivity index (χ1v) is 13.5. The highest BCUT2D eigenvalue weighted by Crippen LogP contribution is 2.27. The van der Waals surface area contributed by atoms with Gasteiger partial charge >= 0.3 is 12.1 Å². The monoisotopic (exact) mass is 568 g/mol. The van der Waals surface area contributed by atoms with Crippen LogP contribution in [0.2, 0.25) is 0 Å². The van der Waals surface area contributed by atoms with Crippen LogP contribution in [0.15, 0.2) is 42.5 Å². The van der Waals surface area contributed by atoms with E-state index in [4.69, 9.17) is 9.90 Å². The average molecular weight is 569 g/mol. The van der Waals surface area contributed by atoms with Crippen LogP contribution >= 0.6 is 11.3 Å². The molecule has 2 aromatic rings. The molecule has 0 saturated carbocycles. The zero-order chi connectivity index (χ0) is 29.1. The molecule has 2 atom stereocenters. The van der Waals surface area contributed by atoms with E-state index in [0.717, 1.165) is 43.7 Å². The third-order valence-electron chi connectivity index (χ3n) is 5.87. The minimum Gasteiger partial charge on any atom is -0.475 e. The number of hydrogen-bond acceptors (Lipinski definition) is 7. The Morgan fingerprint density at radius 2 is 1.82 bits per heavy atom. The van der Waals surface area contributed by atoms with Gasteiger partial charge in [0.25, 0.3) is 0 Å². The first kappa shape index (κ1) is 32.1. The molecule has 39 heavy (non-hydrogen) atoms. The number of carboxylic acid groups (broad SMARTS) is 1. The molecule has 1 fully saturated rings. The number of amides is 1. The molecule has 1 aliphatic rings. The summed E-state index contributed by atoms with van der Waals surface area (Å²) in [5.41, 5.74) is 1.13. The molecule has 0 unspecified atom stereocenters. The minimum atomic E-state index is -5.08. The van der Waals surface area contributed by atoms with Crippen molar-refractivity contribution in [2.45, 2.75) is 76.9 Å². The highest BCUT2D eigenvalue weighted by atomic mass is 32.1. The normalized spacial score (nSPS) is 16.7. The van der Waals surface area contributed by atoms with Gasteiger partial charge in [0.1, 0.15) is 10.8 Å². The SMILES string of the molecule is CC(C)(C)c1nnc(NC(=O)/C=C/[C@H](CCc2ccccc2)CC(=O)[C@@H]2CCCCN2)s1.O=C(O)C(F)(F)F. The fraction of sp³-hybridized carbons (Fsp3) is 0.519. The van der Waals surface area contributed by atoms with E-state index in [1.165, 1.54) is 23.0 Å². The average Bonchev–Trinajstić information content (AvgIpc) is 3.35. The van der Waals surface area contributed by atoms with Gasteiger partial charge in [-0.2, -0.15) is 13.2 Å². The fourth-order valence-corrected chi connectivity index (χ4v) is 4.54. The molecular weight excluding hydrogens is 533 g/mol. The van der Waals surface area contributed by atoms with E-state index >= 15 is 0 Å². The summed E-state index contributed by atoms with van der Waals surface area (Å²) in [6.07, 6.45) is 3.59. The van der Waals surface area contributed by atoms with Gasteiger partial charge in [-0.3, -0.25) is 14.9 Å². The van der Waals surface area contributed by atoms with Crippen LogP contribution in [0.4, 0.5) is 18.3 Å². The van der Waals surface area contributed by atoms with E-state index in [-0.39, 0.29) is 29.1 Å². The summed E-state index contributed by atoms with van der Waals surface area (Å²) in [6.45, 7) is 7.10. The second kappa shape index (κ2) is 14.9. The molecule has 1 aromatic heterocycles. The number of nitrogens with one attached hydrogen (secondary N) is 2. The molecule has 2 heterocycles. The zero-order valence-electron chi connectivity index (χ0n) is 22.3. The second-order valence-electron chi connectivity index (χ2n) is 10.3. The number of allylic oxidation sites excluding steroid dienone is 1. The Labute approximate surface area is 230 Å². The number of carbonyl (C=O) groups excluding carboxylic acids is 2. The Morgan fingerprint density at radius 1 is 1.15 bits per heavy atom. The Kier molecular flexibility index (Phi) is 12.2. The minimum absolute atomic E-state index is 0.0109. The summed E-state index contributed by atoms with van der Waals surface area (Å²) >= 11 is 1.39. The number of nitrogens with zero attached hydrogens (tertiary/aromatic N) is 2. The Morgan fingerprint density at radius 3 is 2.36 bits per heavy atom. The lowest BCUT2D eigenvalue weighted by Crippen LogP contribution is -2.41. The molecule has 1 amide bonds. The van der Waals surface area contributed by atoms with Crippen molar-refractivity contribution in [2.24, 2.45) is 5.92 Å². The molecule has 3 N–H and O–H groups in total.